The molecular formula is C26H26N4O2. The molecule has 162 valence electrons. The quantitative estimate of drug-likeness (QED) is 0.395. The van der Waals surface area contributed by atoms with Gasteiger partial charge in [0.25, 0.3) is 0 Å². The van der Waals surface area contributed by atoms with Crippen molar-refractivity contribution in [3.8, 4) is 11.5 Å². The normalized spacial score (nSPS) is 10.8. The van der Waals surface area contributed by atoms with E-state index in [2.05, 4.69) is 9.97 Å². The third kappa shape index (κ3) is 5.21. The molecule has 0 spiro atoms. The molecule has 0 aliphatic carbocycles. The summed E-state index contributed by atoms with van der Waals surface area (Å²) in [4.78, 5) is 21.3. The maximum absolute atomic E-state index is 12.7. The molecule has 0 fully saturated rings. The van der Waals surface area contributed by atoms with E-state index in [1.54, 1.807) is 12.5 Å². The zero-order chi connectivity index (χ0) is 22.5. The number of nitrogen functional groups attached to an aromatic ring is 1. The Hall–Kier alpha value is -3.93. The van der Waals surface area contributed by atoms with Crippen LogP contribution < -0.4 is 10.5 Å². The Morgan fingerprint density at radius 1 is 1.03 bits per heavy atom. The molecule has 0 saturated carbocycles. The summed E-state index contributed by atoms with van der Waals surface area (Å²) in [6.45, 7) is 4.55. The van der Waals surface area contributed by atoms with Crippen LogP contribution in [0.1, 0.15) is 39.3 Å². The van der Waals surface area contributed by atoms with E-state index in [4.69, 9.17) is 10.5 Å². The van der Waals surface area contributed by atoms with Gasteiger partial charge in [-0.1, -0.05) is 30.3 Å². The van der Waals surface area contributed by atoms with Crippen LogP contribution >= 0.6 is 0 Å². The fourth-order valence-electron chi connectivity index (χ4n) is 3.72. The molecule has 4 rings (SSSR count). The van der Waals surface area contributed by atoms with Gasteiger partial charge < -0.3 is 15.0 Å². The summed E-state index contributed by atoms with van der Waals surface area (Å²) < 4.78 is 7.75. The lowest BCUT2D eigenvalue weighted by Gasteiger charge is -2.09. The van der Waals surface area contributed by atoms with E-state index >= 15 is 0 Å². The molecule has 0 atom stereocenters. The smallest absolute Gasteiger partial charge is 0.183 e. The third-order valence-electron chi connectivity index (χ3n) is 5.36. The molecule has 4 aromatic rings. The first-order valence-electron chi connectivity index (χ1n) is 10.6. The maximum atomic E-state index is 12.7. The van der Waals surface area contributed by atoms with E-state index in [0.29, 0.717) is 30.9 Å². The second-order valence-electron chi connectivity index (χ2n) is 7.84. The van der Waals surface area contributed by atoms with E-state index in [0.717, 1.165) is 33.9 Å². The van der Waals surface area contributed by atoms with E-state index in [-0.39, 0.29) is 5.78 Å². The van der Waals surface area contributed by atoms with E-state index in [1.807, 2.05) is 79.1 Å². The van der Waals surface area contributed by atoms with Crippen molar-refractivity contribution in [2.45, 2.75) is 33.2 Å². The summed E-state index contributed by atoms with van der Waals surface area (Å²) in [5.74, 6) is 2.11. The number of imidazole rings is 1. The summed E-state index contributed by atoms with van der Waals surface area (Å²) >= 11 is 0. The lowest BCUT2D eigenvalue weighted by atomic mass is 10.0. The summed E-state index contributed by atoms with van der Waals surface area (Å²) in [6.07, 6.45) is 4.51. The third-order valence-corrected chi connectivity index (χ3v) is 5.36. The molecule has 0 aliphatic heterocycles. The molecule has 2 aromatic heterocycles. The number of hydrogen-bond acceptors (Lipinski definition) is 5. The summed E-state index contributed by atoms with van der Waals surface area (Å²) in [7, 11) is 0. The molecule has 2 heterocycles. The molecule has 32 heavy (non-hydrogen) atoms. The number of rotatable bonds is 8. The molecular weight excluding hydrogens is 400 g/mol. The van der Waals surface area contributed by atoms with Gasteiger partial charge in [-0.3, -0.25) is 4.79 Å². The number of carbonyl (C=O) groups excluding carboxylic acids is 1. The molecule has 0 saturated heterocycles. The van der Waals surface area contributed by atoms with Gasteiger partial charge in [0.2, 0.25) is 0 Å². The molecule has 6 nitrogen and oxygen atoms in total. The lowest BCUT2D eigenvalue weighted by Crippen LogP contribution is -2.06. The van der Waals surface area contributed by atoms with Crippen molar-refractivity contribution >= 4 is 11.6 Å². The Morgan fingerprint density at radius 2 is 1.75 bits per heavy atom. The fraction of sp³-hybridized carbons (Fsp3) is 0.192. The second-order valence-corrected chi connectivity index (χ2v) is 7.84. The number of benzene rings is 2. The number of nitrogens with two attached hydrogens (primary N) is 1. The first-order valence-corrected chi connectivity index (χ1v) is 10.6. The molecule has 2 aromatic carbocycles. The number of para-hydroxylation sites is 1. The van der Waals surface area contributed by atoms with Crippen molar-refractivity contribution in [2.24, 2.45) is 0 Å². The van der Waals surface area contributed by atoms with Crippen LogP contribution in [-0.2, 0) is 13.0 Å². The van der Waals surface area contributed by atoms with Crippen molar-refractivity contribution in [3.05, 3.63) is 101 Å². The highest BCUT2D eigenvalue weighted by Crippen LogP contribution is 2.22. The van der Waals surface area contributed by atoms with Gasteiger partial charge in [-0.2, -0.15) is 0 Å². The van der Waals surface area contributed by atoms with Crippen LogP contribution in [0.2, 0.25) is 0 Å². The number of aryl methyl sites for hydroxylation is 2. The molecule has 0 amide bonds. The maximum Gasteiger partial charge on any atom is 0.183 e. The zero-order valence-corrected chi connectivity index (χ0v) is 18.3. The molecule has 0 bridgehead atoms. The SMILES string of the molecule is Cc1cc(N)nc(C)c1CCC(=O)c1cn(Cc2ccc(Oc3ccccc3)cc2)cn1. The standard InChI is InChI=1S/C26H26N4O2/c1-18-14-26(27)29-19(2)23(18)12-13-25(31)24-16-30(17-28-24)15-20-8-10-22(11-9-20)32-21-6-4-3-5-7-21/h3-11,14,16-17H,12-13,15H2,1-2H3,(H2,27,29). The number of carbonyl (C=O) groups is 1. The predicted molar refractivity (Wildman–Crippen MR) is 125 cm³/mol. The molecule has 6 heteroatoms. The van der Waals surface area contributed by atoms with Crippen molar-refractivity contribution in [1.82, 2.24) is 14.5 Å². The molecule has 0 radical (unpaired) electrons. The Balaban J connectivity index is 1.35. The van der Waals surface area contributed by atoms with Crippen LogP contribution in [0, 0.1) is 13.8 Å². The summed E-state index contributed by atoms with van der Waals surface area (Å²) in [5, 5.41) is 0. The summed E-state index contributed by atoms with van der Waals surface area (Å²) in [6, 6.07) is 19.4. The van der Waals surface area contributed by atoms with Crippen molar-refractivity contribution < 1.29 is 9.53 Å². The van der Waals surface area contributed by atoms with Crippen LogP contribution in [0.5, 0.6) is 11.5 Å². The largest absolute Gasteiger partial charge is 0.457 e. The van der Waals surface area contributed by atoms with Crippen molar-refractivity contribution in [1.29, 1.82) is 0 Å². The highest BCUT2D eigenvalue weighted by Gasteiger charge is 2.13. The van der Waals surface area contributed by atoms with Gasteiger partial charge in [0, 0.05) is 24.9 Å². The first-order chi connectivity index (χ1) is 15.5. The van der Waals surface area contributed by atoms with Crippen LogP contribution in [0.4, 0.5) is 5.82 Å². The first kappa shape index (κ1) is 21.3. The van der Waals surface area contributed by atoms with E-state index in [9.17, 15) is 4.79 Å². The number of ether oxygens (including phenoxy) is 1. The van der Waals surface area contributed by atoms with Crippen LogP contribution in [0.3, 0.4) is 0 Å². The van der Waals surface area contributed by atoms with Gasteiger partial charge in [-0.15, -0.1) is 0 Å². The highest BCUT2D eigenvalue weighted by atomic mass is 16.5. The average Bonchev–Trinajstić information content (AvgIpc) is 3.23. The van der Waals surface area contributed by atoms with Gasteiger partial charge in [0.05, 0.1) is 6.33 Å². The van der Waals surface area contributed by atoms with Crippen LogP contribution in [0.15, 0.2) is 73.2 Å². The van der Waals surface area contributed by atoms with Gasteiger partial charge in [0.15, 0.2) is 5.78 Å². The van der Waals surface area contributed by atoms with Crippen molar-refractivity contribution in [2.75, 3.05) is 5.73 Å². The zero-order valence-electron chi connectivity index (χ0n) is 18.3. The molecule has 2 N–H and O–H groups in total. The number of ketones is 1. The van der Waals surface area contributed by atoms with Gasteiger partial charge in [0.1, 0.15) is 23.0 Å². The molecule has 0 aliphatic rings. The highest BCUT2D eigenvalue weighted by molar-refractivity contribution is 5.94. The predicted octanol–water partition coefficient (Wildman–Crippen LogP) is 5.13. The Bertz CT molecular complexity index is 1190. The fourth-order valence-corrected chi connectivity index (χ4v) is 3.72. The average molecular weight is 427 g/mol. The van der Waals surface area contributed by atoms with Crippen molar-refractivity contribution in [3.63, 3.8) is 0 Å². The number of anilines is 1. The number of nitrogens with zero attached hydrogens (tertiary/aromatic N) is 3. The van der Waals surface area contributed by atoms with Gasteiger partial charge in [-0.25, -0.2) is 9.97 Å². The van der Waals surface area contributed by atoms with Crippen LogP contribution in [0.25, 0.3) is 0 Å². The number of aromatic nitrogens is 3. The summed E-state index contributed by atoms with van der Waals surface area (Å²) in [5.41, 5.74) is 10.4. The van der Waals surface area contributed by atoms with Gasteiger partial charge in [-0.05, 0) is 67.3 Å². The van der Waals surface area contributed by atoms with Gasteiger partial charge >= 0.3 is 0 Å². The monoisotopic (exact) mass is 426 g/mol. The molecule has 0 unspecified atom stereocenters. The Morgan fingerprint density at radius 3 is 2.47 bits per heavy atom. The number of Topliss-reactive ketones (excluding diaryl/α,β-unsaturated/α-hetero) is 1. The minimum absolute atomic E-state index is 0.0194. The lowest BCUT2D eigenvalue weighted by molar-refractivity contribution is 0.0978. The van der Waals surface area contributed by atoms with Crippen LogP contribution in [-0.4, -0.2) is 20.3 Å². The number of pyridine rings is 1. The topological polar surface area (TPSA) is 83.0 Å². The minimum Gasteiger partial charge on any atom is -0.457 e. The minimum atomic E-state index is 0.0194. The Kier molecular flexibility index (Phi) is 6.31. The number of hydrogen-bond donors (Lipinski definition) is 1. The second kappa shape index (κ2) is 9.47. The van der Waals surface area contributed by atoms with E-state index in [1.165, 1.54) is 0 Å². The Labute approximate surface area is 187 Å². The van der Waals surface area contributed by atoms with E-state index < -0.39 is 0 Å².